The number of hydrogen-bond acceptors (Lipinski definition) is 3. The van der Waals surface area contributed by atoms with Gasteiger partial charge in [0.15, 0.2) is 0 Å². The number of halogens is 1. The van der Waals surface area contributed by atoms with Gasteiger partial charge in [0.25, 0.3) is 0 Å². The Morgan fingerprint density at radius 2 is 2.05 bits per heavy atom. The van der Waals surface area contributed by atoms with E-state index in [2.05, 4.69) is 15.2 Å². The lowest BCUT2D eigenvalue weighted by Crippen LogP contribution is -2.46. The minimum Gasteiger partial charge on any atom is -0.373 e. The molecule has 0 radical (unpaired) electrons. The number of rotatable bonds is 3. The average Bonchev–Trinajstić information content (AvgIpc) is 2.50. The molecule has 1 aliphatic heterocycles. The van der Waals surface area contributed by atoms with Crippen molar-refractivity contribution in [1.29, 1.82) is 0 Å². The van der Waals surface area contributed by atoms with Crippen molar-refractivity contribution in [2.45, 2.75) is 51.1 Å². The maximum absolute atomic E-state index is 6.33. The van der Waals surface area contributed by atoms with Crippen molar-refractivity contribution in [2.24, 2.45) is 5.92 Å². The highest BCUT2D eigenvalue weighted by Crippen LogP contribution is 2.36. The summed E-state index contributed by atoms with van der Waals surface area (Å²) in [5, 5.41) is 3.89. The van der Waals surface area contributed by atoms with Crippen molar-refractivity contribution in [3.63, 3.8) is 0 Å². The number of nitrogens with one attached hydrogen (secondary N) is 1. The molecule has 2 fully saturated rings. The molecule has 1 aromatic rings. The SMILES string of the molecule is CNc1ccc(Cl)c(CN2CCCC3CCCCC32)n1. The molecule has 20 heavy (non-hydrogen) atoms. The quantitative estimate of drug-likeness (QED) is 0.915. The first-order chi connectivity index (χ1) is 9.78. The van der Waals surface area contributed by atoms with Crippen molar-refractivity contribution >= 4 is 17.4 Å². The van der Waals surface area contributed by atoms with Crippen molar-refractivity contribution in [1.82, 2.24) is 9.88 Å². The van der Waals surface area contributed by atoms with Crippen molar-refractivity contribution in [2.75, 3.05) is 18.9 Å². The summed E-state index contributed by atoms with van der Waals surface area (Å²) in [5.41, 5.74) is 1.02. The van der Waals surface area contributed by atoms with Gasteiger partial charge in [-0.1, -0.05) is 24.4 Å². The molecular formula is C16H24ClN3. The normalized spacial score (nSPS) is 27.1. The lowest BCUT2D eigenvalue weighted by atomic mass is 9.78. The summed E-state index contributed by atoms with van der Waals surface area (Å²) in [6.45, 7) is 2.10. The highest BCUT2D eigenvalue weighted by Gasteiger charge is 2.33. The number of aromatic nitrogens is 1. The van der Waals surface area contributed by atoms with Crippen molar-refractivity contribution < 1.29 is 0 Å². The largest absolute Gasteiger partial charge is 0.373 e. The highest BCUT2D eigenvalue weighted by molar-refractivity contribution is 6.31. The molecule has 2 aliphatic rings. The van der Waals surface area contributed by atoms with Crippen LogP contribution in [0.25, 0.3) is 0 Å². The van der Waals surface area contributed by atoms with E-state index < -0.39 is 0 Å². The minimum atomic E-state index is 0.758. The zero-order chi connectivity index (χ0) is 13.9. The van der Waals surface area contributed by atoms with Gasteiger partial charge >= 0.3 is 0 Å². The molecule has 2 atom stereocenters. The van der Waals surface area contributed by atoms with Gasteiger partial charge in [0.1, 0.15) is 5.82 Å². The van der Waals surface area contributed by atoms with Crippen LogP contribution >= 0.6 is 11.6 Å². The molecule has 4 heteroatoms. The van der Waals surface area contributed by atoms with Crippen LogP contribution in [-0.4, -0.2) is 29.5 Å². The summed E-state index contributed by atoms with van der Waals surface area (Å²) in [7, 11) is 1.90. The van der Waals surface area contributed by atoms with Gasteiger partial charge in [-0.25, -0.2) is 4.98 Å². The van der Waals surface area contributed by atoms with Crippen LogP contribution in [-0.2, 0) is 6.54 Å². The van der Waals surface area contributed by atoms with Crippen LogP contribution in [0.15, 0.2) is 12.1 Å². The van der Waals surface area contributed by atoms with Crippen LogP contribution in [0, 0.1) is 5.92 Å². The van der Waals surface area contributed by atoms with Crippen LogP contribution in [0.2, 0.25) is 5.02 Å². The van der Waals surface area contributed by atoms with E-state index in [9.17, 15) is 0 Å². The molecule has 1 saturated carbocycles. The molecule has 1 aliphatic carbocycles. The average molecular weight is 294 g/mol. The second-order valence-corrected chi connectivity index (χ2v) is 6.51. The van der Waals surface area contributed by atoms with Gasteiger partial charge in [-0.15, -0.1) is 0 Å². The molecule has 0 bridgehead atoms. The predicted octanol–water partition coefficient (Wildman–Crippen LogP) is 3.93. The fourth-order valence-corrected chi connectivity index (χ4v) is 4.02. The Kier molecular flexibility index (Phi) is 4.47. The van der Waals surface area contributed by atoms with Crippen molar-refractivity contribution in [3.05, 3.63) is 22.8 Å². The molecule has 0 amide bonds. The van der Waals surface area contributed by atoms with Gasteiger partial charge < -0.3 is 5.32 Å². The fourth-order valence-electron chi connectivity index (χ4n) is 3.85. The monoisotopic (exact) mass is 293 g/mol. The van der Waals surface area contributed by atoms with Crippen LogP contribution in [0.3, 0.4) is 0 Å². The van der Waals surface area contributed by atoms with E-state index in [0.29, 0.717) is 0 Å². The van der Waals surface area contributed by atoms with Crippen LogP contribution < -0.4 is 5.32 Å². The molecule has 1 saturated heterocycles. The van der Waals surface area contributed by atoms with Crippen molar-refractivity contribution in [3.8, 4) is 0 Å². The van der Waals surface area contributed by atoms with E-state index in [4.69, 9.17) is 11.6 Å². The Balaban J connectivity index is 1.75. The summed E-state index contributed by atoms with van der Waals surface area (Å²) < 4.78 is 0. The Labute approximate surface area is 126 Å². The van der Waals surface area contributed by atoms with E-state index in [-0.39, 0.29) is 0 Å². The topological polar surface area (TPSA) is 28.2 Å². The maximum Gasteiger partial charge on any atom is 0.126 e. The number of pyridine rings is 1. The number of likely N-dealkylation sites (tertiary alicyclic amines) is 1. The first-order valence-corrected chi connectivity index (χ1v) is 8.23. The molecule has 1 aromatic heterocycles. The van der Waals surface area contributed by atoms with Crippen LogP contribution in [0.1, 0.15) is 44.2 Å². The van der Waals surface area contributed by atoms with Crippen LogP contribution in [0.4, 0.5) is 5.82 Å². The molecule has 110 valence electrons. The second-order valence-electron chi connectivity index (χ2n) is 6.10. The standard InChI is InChI=1S/C16H24ClN3/c1-18-16-9-8-13(17)14(19-16)11-20-10-4-6-12-5-2-3-7-15(12)20/h8-9,12,15H,2-7,10-11H2,1H3,(H,18,19). The number of anilines is 1. The molecule has 0 spiro atoms. The first kappa shape index (κ1) is 14.2. The first-order valence-electron chi connectivity index (χ1n) is 7.85. The maximum atomic E-state index is 6.33. The number of nitrogens with zero attached hydrogens (tertiary/aromatic N) is 2. The summed E-state index contributed by atoms with van der Waals surface area (Å²) in [5.74, 6) is 1.81. The molecule has 2 heterocycles. The van der Waals surface area contributed by atoms with Gasteiger partial charge in [-0.2, -0.15) is 0 Å². The summed E-state index contributed by atoms with van der Waals surface area (Å²) in [6, 6.07) is 4.65. The third-order valence-electron chi connectivity index (χ3n) is 4.89. The van der Waals surface area contributed by atoms with Gasteiger partial charge in [0.2, 0.25) is 0 Å². The number of fused-ring (bicyclic) bond motifs is 1. The Bertz CT molecular complexity index is 461. The van der Waals surface area contributed by atoms with E-state index >= 15 is 0 Å². The lowest BCUT2D eigenvalue weighted by Gasteiger charge is -2.44. The summed E-state index contributed by atoms with van der Waals surface area (Å²) >= 11 is 6.33. The zero-order valence-corrected chi connectivity index (χ0v) is 13.0. The van der Waals surface area contributed by atoms with Gasteiger partial charge in [-0.05, 0) is 50.3 Å². The third kappa shape index (κ3) is 2.94. The lowest BCUT2D eigenvalue weighted by molar-refractivity contribution is 0.0538. The highest BCUT2D eigenvalue weighted by atomic mass is 35.5. The summed E-state index contributed by atoms with van der Waals surface area (Å²) in [6.07, 6.45) is 8.31. The van der Waals surface area contributed by atoms with E-state index in [1.54, 1.807) is 0 Å². The molecule has 2 unspecified atom stereocenters. The predicted molar refractivity (Wildman–Crippen MR) is 84.2 cm³/mol. The Morgan fingerprint density at radius 3 is 2.90 bits per heavy atom. The Hall–Kier alpha value is -0.800. The number of hydrogen-bond donors (Lipinski definition) is 1. The molecular weight excluding hydrogens is 270 g/mol. The Morgan fingerprint density at radius 1 is 1.25 bits per heavy atom. The number of piperidine rings is 1. The molecule has 1 N–H and O–H groups in total. The van der Waals surface area contributed by atoms with E-state index in [0.717, 1.165) is 35.0 Å². The van der Waals surface area contributed by atoms with Gasteiger partial charge in [-0.3, -0.25) is 4.90 Å². The zero-order valence-electron chi connectivity index (χ0n) is 12.2. The third-order valence-corrected chi connectivity index (χ3v) is 5.23. The van der Waals surface area contributed by atoms with Gasteiger partial charge in [0.05, 0.1) is 10.7 Å². The minimum absolute atomic E-state index is 0.758. The summed E-state index contributed by atoms with van der Waals surface area (Å²) in [4.78, 5) is 7.26. The van der Waals surface area contributed by atoms with E-state index in [1.165, 1.54) is 45.1 Å². The molecule has 3 nitrogen and oxygen atoms in total. The smallest absolute Gasteiger partial charge is 0.126 e. The molecule has 0 aromatic carbocycles. The van der Waals surface area contributed by atoms with E-state index in [1.807, 2.05) is 19.2 Å². The molecule has 3 rings (SSSR count). The second kappa shape index (κ2) is 6.31. The van der Waals surface area contributed by atoms with Crippen LogP contribution in [0.5, 0.6) is 0 Å². The van der Waals surface area contributed by atoms with Gasteiger partial charge in [0, 0.05) is 19.6 Å². The fraction of sp³-hybridized carbons (Fsp3) is 0.688.